The summed E-state index contributed by atoms with van der Waals surface area (Å²) in [6, 6.07) is 31.5. The number of hydrogen-bond donors (Lipinski definition) is 3. The van der Waals surface area contributed by atoms with Crippen molar-refractivity contribution in [2.75, 3.05) is 23.5 Å². The average Bonchev–Trinajstić information content (AvgIpc) is 3.14. The highest BCUT2D eigenvalue weighted by molar-refractivity contribution is 8.00. The van der Waals surface area contributed by atoms with Crippen LogP contribution in [0.15, 0.2) is 109 Å². The molecule has 4 aromatic rings. The number of alkyl carbamates (subject to hydrolysis) is 1. The summed E-state index contributed by atoms with van der Waals surface area (Å²) < 4.78 is 15.9. The Balaban J connectivity index is 1.76. The van der Waals surface area contributed by atoms with Crippen molar-refractivity contribution < 1.29 is 33.4 Å². The molecular weight excluding hydrogens is 711 g/mol. The van der Waals surface area contributed by atoms with Crippen molar-refractivity contribution in [1.82, 2.24) is 5.32 Å². The van der Waals surface area contributed by atoms with E-state index in [0.717, 1.165) is 16.7 Å². The third-order valence-corrected chi connectivity index (χ3v) is 10.4. The van der Waals surface area contributed by atoms with Crippen molar-refractivity contribution in [2.45, 2.75) is 62.8 Å². The Morgan fingerprint density at radius 3 is 1.75 bits per heavy atom. The molecule has 0 bridgehead atoms. The van der Waals surface area contributed by atoms with Gasteiger partial charge in [-0.3, -0.25) is 9.59 Å². The molecule has 4 rings (SSSR count). The second-order valence-electron chi connectivity index (χ2n) is 13.3. The Morgan fingerprint density at radius 2 is 1.28 bits per heavy atom. The van der Waals surface area contributed by atoms with Gasteiger partial charge in [0.2, 0.25) is 5.78 Å². The molecule has 0 aromatic heterocycles. The van der Waals surface area contributed by atoms with Gasteiger partial charge >= 0.3 is 24.3 Å². The van der Waals surface area contributed by atoms with Crippen LogP contribution in [0.4, 0.5) is 10.5 Å². The van der Waals surface area contributed by atoms with Crippen LogP contribution in [0.5, 0.6) is 0 Å². The fourth-order valence-electron chi connectivity index (χ4n) is 5.43. The van der Waals surface area contributed by atoms with Crippen LogP contribution in [-0.4, -0.2) is 65.6 Å². The van der Waals surface area contributed by atoms with Gasteiger partial charge in [0.15, 0.2) is 0 Å². The van der Waals surface area contributed by atoms with Crippen LogP contribution in [0.25, 0.3) is 0 Å². The smallest absolute Gasteiger partial charge is 0.408 e. The first kappa shape index (κ1) is 41.0. The fourth-order valence-corrected chi connectivity index (χ4v) is 7.47. The number of carbonyl (C=O) groups excluding carboxylic acids is 4. The first-order chi connectivity index (χ1) is 25.2. The van der Waals surface area contributed by atoms with Crippen LogP contribution in [0.3, 0.4) is 0 Å². The number of rotatable bonds is 16. The van der Waals surface area contributed by atoms with Gasteiger partial charge in [0.1, 0.15) is 17.7 Å². The van der Waals surface area contributed by atoms with E-state index < -0.39 is 52.5 Å². The highest BCUT2D eigenvalue weighted by Crippen LogP contribution is 2.48. The summed E-state index contributed by atoms with van der Waals surface area (Å²) in [5.74, 6) is -2.23. The molecule has 10 nitrogen and oxygen atoms in total. The number of nitrogens with one attached hydrogen (secondary N) is 1. The fraction of sp³-hybridized carbons (Fsp3) is 0.317. The molecule has 12 heteroatoms. The molecule has 0 aliphatic carbocycles. The molecule has 0 radical (unpaired) electrons. The summed E-state index contributed by atoms with van der Waals surface area (Å²) in [5, 5.41) is 2.65. The standard InChI is InChI=1S/C41H47N3O7S2/c1-27-25-28(21-22-32(27)42)35(45)38(49-36(46)33(43)23-24-52-5)50-37(47)34(44-39(48)51-40(2,3)4)26-53-41(29-15-9-6-10-16-29,30-17-11-7-12-18-30)31-19-13-8-14-20-31/h6-22,25,33-34,38H,23-24,26,42-43H2,1-5H3,(H,44,48). The predicted molar refractivity (Wildman–Crippen MR) is 212 cm³/mol. The first-order valence-electron chi connectivity index (χ1n) is 17.1. The first-order valence-corrected chi connectivity index (χ1v) is 19.5. The average molecular weight is 758 g/mol. The number of carbonyl (C=O) groups is 4. The lowest BCUT2D eigenvalue weighted by atomic mass is 9.84. The van der Waals surface area contributed by atoms with Gasteiger partial charge in [0.05, 0.1) is 4.75 Å². The van der Waals surface area contributed by atoms with Gasteiger partial charge in [-0.15, -0.1) is 11.8 Å². The van der Waals surface area contributed by atoms with E-state index in [1.165, 1.54) is 41.7 Å². The zero-order chi connectivity index (χ0) is 38.6. The lowest BCUT2D eigenvalue weighted by Gasteiger charge is -2.36. The molecule has 0 fully saturated rings. The molecule has 3 unspecified atom stereocenters. The van der Waals surface area contributed by atoms with Crippen LogP contribution < -0.4 is 16.8 Å². The minimum Gasteiger partial charge on any atom is -0.444 e. The second kappa shape index (κ2) is 18.8. The number of amides is 1. The summed E-state index contributed by atoms with van der Waals surface area (Å²) in [4.78, 5) is 54.5. The lowest BCUT2D eigenvalue weighted by Crippen LogP contribution is -2.49. The largest absolute Gasteiger partial charge is 0.444 e. The zero-order valence-electron chi connectivity index (χ0n) is 30.6. The van der Waals surface area contributed by atoms with Gasteiger partial charge in [-0.1, -0.05) is 91.0 Å². The Bertz CT molecular complexity index is 1740. The number of aryl methyl sites for hydroxylation is 1. The van der Waals surface area contributed by atoms with Crippen LogP contribution >= 0.6 is 23.5 Å². The molecule has 0 spiro atoms. The molecule has 0 heterocycles. The maximum absolute atomic E-state index is 14.3. The third kappa shape index (κ3) is 11.1. The molecule has 1 amide bonds. The minimum atomic E-state index is -2.01. The summed E-state index contributed by atoms with van der Waals surface area (Å²) >= 11 is 2.88. The monoisotopic (exact) mass is 757 g/mol. The van der Waals surface area contributed by atoms with Crippen molar-refractivity contribution in [1.29, 1.82) is 0 Å². The summed E-state index contributed by atoms with van der Waals surface area (Å²) in [6.07, 6.45) is -0.741. The van der Waals surface area contributed by atoms with E-state index in [4.69, 9.17) is 25.7 Å². The Labute approximate surface area is 319 Å². The summed E-state index contributed by atoms with van der Waals surface area (Å²) in [5.41, 5.74) is 15.1. The number of anilines is 1. The predicted octanol–water partition coefficient (Wildman–Crippen LogP) is 6.87. The van der Waals surface area contributed by atoms with Crippen molar-refractivity contribution in [3.8, 4) is 0 Å². The van der Waals surface area contributed by atoms with Crippen LogP contribution in [-0.2, 0) is 28.5 Å². The second-order valence-corrected chi connectivity index (χ2v) is 15.5. The number of Topliss-reactive ketones (excluding diaryl/α,β-unsaturated/α-hetero) is 1. The molecule has 53 heavy (non-hydrogen) atoms. The number of nitrogen functional groups attached to an aromatic ring is 1. The van der Waals surface area contributed by atoms with Gasteiger partial charge < -0.3 is 31.0 Å². The van der Waals surface area contributed by atoms with Crippen LogP contribution in [0.2, 0.25) is 0 Å². The topological polar surface area (TPSA) is 160 Å². The lowest BCUT2D eigenvalue weighted by molar-refractivity contribution is -0.181. The van der Waals surface area contributed by atoms with E-state index in [-0.39, 0.29) is 17.7 Å². The van der Waals surface area contributed by atoms with Gasteiger partial charge in [0.25, 0.3) is 0 Å². The van der Waals surface area contributed by atoms with Gasteiger partial charge in [-0.2, -0.15) is 11.8 Å². The van der Waals surface area contributed by atoms with Crippen molar-refractivity contribution in [3.05, 3.63) is 137 Å². The molecule has 3 atom stereocenters. The summed E-state index contributed by atoms with van der Waals surface area (Å²) in [6.45, 7) is 6.81. The molecule has 280 valence electrons. The van der Waals surface area contributed by atoms with Crippen molar-refractivity contribution in [3.63, 3.8) is 0 Å². The zero-order valence-corrected chi connectivity index (χ0v) is 32.2. The van der Waals surface area contributed by atoms with E-state index in [1.807, 2.05) is 97.3 Å². The molecule has 0 saturated heterocycles. The quantitative estimate of drug-likeness (QED) is 0.0360. The maximum atomic E-state index is 14.3. The minimum absolute atomic E-state index is 0.0557. The Hall–Kier alpha value is -4.78. The van der Waals surface area contributed by atoms with E-state index >= 15 is 0 Å². The van der Waals surface area contributed by atoms with Crippen LogP contribution in [0, 0.1) is 6.92 Å². The number of ketones is 1. The molecule has 5 N–H and O–H groups in total. The van der Waals surface area contributed by atoms with E-state index in [0.29, 0.717) is 17.0 Å². The normalized spacial score (nSPS) is 13.2. The molecule has 0 aliphatic rings. The van der Waals surface area contributed by atoms with Gasteiger partial charge in [-0.05, 0) is 86.6 Å². The highest BCUT2D eigenvalue weighted by Gasteiger charge is 2.40. The molecular formula is C41H47N3O7S2. The molecule has 0 aliphatic heterocycles. The SMILES string of the molecule is CSCCC(N)C(=O)OC(OC(=O)C(CSC(c1ccccc1)(c1ccccc1)c1ccccc1)NC(=O)OC(C)(C)C)C(=O)c1ccc(N)c(C)c1. The van der Waals surface area contributed by atoms with E-state index in [2.05, 4.69) is 5.32 Å². The number of benzene rings is 4. The maximum Gasteiger partial charge on any atom is 0.408 e. The van der Waals surface area contributed by atoms with E-state index in [9.17, 15) is 19.2 Å². The molecule has 4 aromatic carbocycles. The Morgan fingerprint density at radius 1 is 0.774 bits per heavy atom. The van der Waals surface area contributed by atoms with E-state index in [1.54, 1.807) is 27.7 Å². The van der Waals surface area contributed by atoms with Crippen LogP contribution in [0.1, 0.15) is 59.8 Å². The Kier molecular flexibility index (Phi) is 14.5. The number of nitrogens with two attached hydrogens (primary N) is 2. The summed E-state index contributed by atoms with van der Waals surface area (Å²) in [7, 11) is 0. The van der Waals surface area contributed by atoms with Crippen molar-refractivity contribution in [2.24, 2.45) is 5.73 Å². The number of ether oxygens (including phenoxy) is 3. The molecule has 0 saturated carbocycles. The number of hydrogen-bond acceptors (Lipinski definition) is 11. The van der Waals surface area contributed by atoms with Crippen molar-refractivity contribution >= 4 is 53.0 Å². The highest BCUT2D eigenvalue weighted by atomic mass is 32.2. The van der Waals surface area contributed by atoms with Gasteiger partial charge in [0, 0.05) is 17.0 Å². The number of esters is 2. The van der Waals surface area contributed by atoms with Gasteiger partial charge in [-0.25, -0.2) is 9.59 Å². The third-order valence-electron chi connectivity index (χ3n) is 8.13. The number of thioether (sulfide) groups is 2.